The third-order valence-electron chi connectivity index (χ3n) is 5.46. The molecule has 1 saturated heterocycles. The zero-order valence-electron chi connectivity index (χ0n) is 11.5. The van der Waals surface area contributed by atoms with E-state index in [9.17, 15) is 0 Å². The Labute approximate surface area is 111 Å². The smallest absolute Gasteiger partial charge is 0.0911 e. The van der Waals surface area contributed by atoms with E-state index in [1.807, 2.05) is 0 Å². The van der Waals surface area contributed by atoms with Gasteiger partial charge in [0.1, 0.15) is 0 Å². The number of nitrogens with one attached hydrogen (secondary N) is 1. The van der Waals surface area contributed by atoms with Gasteiger partial charge in [0.15, 0.2) is 0 Å². The SMILES string of the molecule is N=C(N)CC1(CN2CCC3CCCCC3C2)CC1. The highest BCUT2D eigenvalue weighted by Crippen LogP contribution is 2.50. The lowest BCUT2D eigenvalue weighted by molar-refractivity contribution is 0.0729. The van der Waals surface area contributed by atoms with Crippen LogP contribution in [0.15, 0.2) is 0 Å². The number of hydrogen-bond donors (Lipinski definition) is 2. The predicted molar refractivity (Wildman–Crippen MR) is 74.7 cm³/mol. The minimum atomic E-state index is 0.389. The molecule has 3 fully saturated rings. The van der Waals surface area contributed by atoms with E-state index in [2.05, 4.69) is 4.90 Å². The van der Waals surface area contributed by atoms with Crippen LogP contribution in [0.1, 0.15) is 51.4 Å². The Morgan fingerprint density at radius 3 is 2.56 bits per heavy atom. The highest BCUT2D eigenvalue weighted by atomic mass is 15.1. The normalized spacial score (nSPS) is 34.9. The molecule has 3 aliphatic rings. The van der Waals surface area contributed by atoms with Gasteiger partial charge in [-0.3, -0.25) is 5.41 Å². The fraction of sp³-hybridized carbons (Fsp3) is 0.933. The molecule has 2 saturated carbocycles. The number of likely N-dealkylation sites (tertiary alicyclic amines) is 1. The van der Waals surface area contributed by atoms with Gasteiger partial charge in [-0.1, -0.05) is 19.3 Å². The molecule has 102 valence electrons. The summed E-state index contributed by atoms with van der Waals surface area (Å²) in [5.74, 6) is 2.39. The number of rotatable bonds is 4. The van der Waals surface area contributed by atoms with Gasteiger partial charge in [0.05, 0.1) is 5.84 Å². The summed E-state index contributed by atoms with van der Waals surface area (Å²) in [6.07, 6.45) is 10.7. The van der Waals surface area contributed by atoms with Gasteiger partial charge in [-0.25, -0.2) is 0 Å². The molecular formula is C15H27N3. The molecule has 2 atom stereocenters. The lowest BCUT2D eigenvalue weighted by atomic mass is 9.75. The lowest BCUT2D eigenvalue weighted by Gasteiger charge is -2.42. The maximum absolute atomic E-state index is 7.51. The molecule has 2 aliphatic carbocycles. The van der Waals surface area contributed by atoms with Gasteiger partial charge < -0.3 is 10.6 Å². The van der Waals surface area contributed by atoms with E-state index in [0.29, 0.717) is 11.3 Å². The van der Waals surface area contributed by atoms with Crippen molar-refractivity contribution in [2.75, 3.05) is 19.6 Å². The third-order valence-corrected chi connectivity index (χ3v) is 5.46. The molecule has 0 spiro atoms. The average Bonchev–Trinajstić information content (AvgIpc) is 3.07. The summed E-state index contributed by atoms with van der Waals surface area (Å²) in [4.78, 5) is 2.68. The first-order chi connectivity index (χ1) is 8.67. The van der Waals surface area contributed by atoms with E-state index in [1.165, 1.54) is 64.6 Å². The van der Waals surface area contributed by atoms with Crippen LogP contribution in [0.2, 0.25) is 0 Å². The number of hydrogen-bond acceptors (Lipinski definition) is 2. The van der Waals surface area contributed by atoms with E-state index in [4.69, 9.17) is 11.1 Å². The fourth-order valence-corrected chi connectivity index (χ4v) is 4.27. The molecule has 1 aliphatic heterocycles. The van der Waals surface area contributed by atoms with E-state index in [0.717, 1.165) is 18.3 Å². The topological polar surface area (TPSA) is 53.1 Å². The van der Waals surface area contributed by atoms with Crippen LogP contribution in [0.4, 0.5) is 0 Å². The summed E-state index contributed by atoms with van der Waals surface area (Å²) in [5.41, 5.74) is 5.99. The Kier molecular flexibility index (Phi) is 3.35. The molecule has 0 aromatic heterocycles. The van der Waals surface area contributed by atoms with Gasteiger partial charge >= 0.3 is 0 Å². The van der Waals surface area contributed by atoms with Crippen LogP contribution in [0.25, 0.3) is 0 Å². The molecule has 0 aromatic carbocycles. The standard InChI is InChI=1S/C15H27N3/c16-14(17)9-15(6-7-15)11-18-8-5-12-3-1-2-4-13(12)10-18/h12-13H,1-11H2,(H3,16,17). The zero-order valence-corrected chi connectivity index (χ0v) is 11.5. The summed E-state index contributed by atoms with van der Waals surface area (Å²) < 4.78 is 0. The number of piperidine rings is 1. The van der Waals surface area contributed by atoms with Gasteiger partial charge in [-0.15, -0.1) is 0 Å². The van der Waals surface area contributed by atoms with Crippen molar-refractivity contribution in [1.29, 1.82) is 5.41 Å². The second kappa shape index (κ2) is 4.84. The maximum Gasteiger partial charge on any atom is 0.0911 e. The van der Waals surface area contributed by atoms with E-state index in [-0.39, 0.29) is 0 Å². The van der Waals surface area contributed by atoms with Crippen LogP contribution in [0.5, 0.6) is 0 Å². The highest BCUT2D eigenvalue weighted by molar-refractivity contribution is 5.78. The molecule has 18 heavy (non-hydrogen) atoms. The summed E-state index contributed by atoms with van der Waals surface area (Å²) in [7, 11) is 0. The first kappa shape index (κ1) is 12.5. The van der Waals surface area contributed by atoms with Crippen molar-refractivity contribution in [1.82, 2.24) is 4.90 Å². The van der Waals surface area contributed by atoms with Crippen LogP contribution in [-0.2, 0) is 0 Å². The molecule has 2 unspecified atom stereocenters. The van der Waals surface area contributed by atoms with Gasteiger partial charge in [-0.05, 0) is 49.5 Å². The quantitative estimate of drug-likeness (QED) is 0.594. The number of nitrogens with zero attached hydrogens (tertiary/aromatic N) is 1. The summed E-state index contributed by atoms with van der Waals surface area (Å²) in [6.45, 7) is 3.82. The molecule has 3 heteroatoms. The van der Waals surface area contributed by atoms with Crippen molar-refractivity contribution in [3.05, 3.63) is 0 Å². The summed E-state index contributed by atoms with van der Waals surface area (Å²) >= 11 is 0. The maximum atomic E-state index is 7.51. The Bertz CT molecular complexity index is 322. The van der Waals surface area contributed by atoms with Gasteiger partial charge in [0.25, 0.3) is 0 Å². The van der Waals surface area contributed by atoms with Gasteiger partial charge in [-0.2, -0.15) is 0 Å². The van der Waals surface area contributed by atoms with Gasteiger partial charge in [0.2, 0.25) is 0 Å². The molecule has 0 amide bonds. The largest absolute Gasteiger partial charge is 0.388 e. The van der Waals surface area contributed by atoms with Crippen molar-refractivity contribution in [2.24, 2.45) is 23.0 Å². The first-order valence-electron chi connectivity index (χ1n) is 7.72. The van der Waals surface area contributed by atoms with Crippen LogP contribution in [0, 0.1) is 22.7 Å². The van der Waals surface area contributed by atoms with Gasteiger partial charge in [0, 0.05) is 19.5 Å². The van der Waals surface area contributed by atoms with Crippen molar-refractivity contribution >= 4 is 5.84 Å². The molecule has 0 radical (unpaired) electrons. The van der Waals surface area contributed by atoms with Crippen molar-refractivity contribution in [3.63, 3.8) is 0 Å². The van der Waals surface area contributed by atoms with Crippen LogP contribution in [-0.4, -0.2) is 30.4 Å². The summed E-state index contributed by atoms with van der Waals surface area (Å²) in [6, 6.07) is 0. The van der Waals surface area contributed by atoms with E-state index >= 15 is 0 Å². The van der Waals surface area contributed by atoms with E-state index in [1.54, 1.807) is 0 Å². The Morgan fingerprint density at radius 1 is 1.17 bits per heavy atom. The molecule has 0 bridgehead atoms. The number of nitrogens with two attached hydrogens (primary N) is 1. The molecule has 3 N–H and O–H groups in total. The second-order valence-corrected chi connectivity index (χ2v) is 7.03. The molecular weight excluding hydrogens is 222 g/mol. The Balaban J connectivity index is 1.53. The number of amidine groups is 1. The second-order valence-electron chi connectivity index (χ2n) is 7.03. The highest BCUT2D eigenvalue weighted by Gasteiger charge is 2.45. The molecule has 0 aromatic rings. The van der Waals surface area contributed by atoms with Crippen LogP contribution < -0.4 is 5.73 Å². The third kappa shape index (κ3) is 2.71. The monoisotopic (exact) mass is 249 g/mol. The van der Waals surface area contributed by atoms with Crippen LogP contribution >= 0.6 is 0 Å². The predicted octanol–water partition coefficient (Wildman–Crippen LogP) is 2.60. The average molecular weight is 249 g/mol. The Morgan fingerprint density at radius 2 is 1.89 bits per heavy atom. The lowest BCUT2D eigenvalue weighted by Crippen LogP contribution is -2.44. The van der Waals surface area contributed by atoms with Crippen molar-refractivity contribution in [3.8, 4) is 0 Å². The Hall–Kier alpha value is -0.570. The van der Waals surface area contributed by atoms with E-state index < -0.39 is 0 Å². The molecule has 3 rings (SSSR count). The molecule has 3 nitrogen and oxygen atoms in total. The zero-order chi connectivity index (χ0) is 12.6. The van der Waals surface area contributed by atoms with Crippen LogP contribution in [0.3, 0.4) is 0 Å². The van der Waals surface area contributed by atoms with Crippen molar-refractivity contribution < 1.29 is 0 Å². The molecule has 1 heterocycles. The van der Waals surface area contributed by atoms with Crippen molar-refractivity contribution in [2.45, 2.75) is 51.4 Å². The minimum absolute atomic E-state index is 0.389. The summed E-state index contributed by atoms with van der Waals surface area (Å²) in [5, 5.41) is 7.51. The first-order valence-corrected chi connectivity index (χ1v) is 7.72. The fourth-order valence-electron chi connectivity index (χ4n) is 4.27. The minimum Gasteiger partial charge on any atom is -0.388 e. The number of fused-ring (bicyclic) bond motifs is 1.